The quantitative estimate of drug-likeness (QED) is 0.544. The lowest BCUT2D eigenvalue weighted by Crippen LogP contribution is -2.31. The molecule has 152 valence electrons. The van der Waals surface area contributed by atoms with Gasteiger partial charge in [-0.05, 0) is 50.1 Å². The highest BCUT2D eigenvalue weighted by atomic mass is 16.5. The number of carbonyl (C=O) groups is 3. The summed E-state index contributed by atoms with van der Waals surface area (Å²) in [6.07, 6.45) is 0.541. The van der Waals surface area contributed by atoms with E-state index < -0.39 is 11.8 Å². The van der Waals surface area contributed by atoms with Crippen molar-refractivity contribution in [3.8, 4) is 0 Å². The summed E-state index contributed by atoms with van der Waals surface area (Å²) >= 11 is 0. The van der Waals surface area contributed by atoms with E-state index in [9.17, 15) is 19.2 Å². The number of nitrogens with one attached hydrogen (secondary N) is 2. The molecule has 0 saturated carbocycles. The molecule has 0 spiro atoms. The van der Waals surface area contributed by atoms with Crippen LogP contribution in [-0.4, -0.2) is 47.9 Å². The molecule has 2 aromatic rings. The Morgan fingerprint density at radius 2 is 1.83 bits per heavy atom. The van der Waals surface area contributed by atoms with Gasteiger partial charge in [0.1, 0.15) is 0 Å². The Kier molecular flexibility index (Phi) is 5.93. The number of ether oxygens (including phenoxy) is 1. The van der Waals surface area contributed by atoms with E-state index in [-0.39, 0.29) is 41.2 Å². The molecule has 1 aliphatic rings. The maximum absolute atomic E-state index is 12.6. The third kappa shape index (κ3) is 4.12. The summed E-state index contributed by atoms with van der Waals surface area (Å²) in [7, 11) is 1.55. The van der Waals surface area contributed by atoms with Crippen molar-refractivity contribution in [1.82, 2.24) is 15.2 Å². The summed E-state index contributed by atoms with van der Waals surface area (Å²) in [4.78, 5) is 53.5. The van der Waals surface area contributed by atoms with Crippen LogP contribution in [0.1, 0.15) is 54.3 Å². The molecular weight excluding hydrogens is 374 g/mol. The minimum Gasteiger partial charge on any atom is -0.385 e. The van der Waals surface area contributed by atoms with E-state index in [4.69, 9.17) is 4.74 Å². The van der Waals surface area contributed by atoms with Crippen LogP contribution >= 0.6 is 0 Å². The van der Waals surface area contributed by atoms with E-state index >= 15 is 0 Å². The predicted molar refractivity (Wildman–Crippen MR) is 106 cm³/mol. The van der Waals surface area contributed by atoms with Crippen LogP contribution in [0.4, 0.5) is 0 Å². The number of amides is 3. The number of aryl methyl sites for hydroxylation is 2. The number of aromatic amines is 1. The SMILES string of the molecule is COCCCN1C(=O)c2ccc(C(=O)NCc3c(C)cc(C)[nH]c3=O)cc2C1=O. The van der Waals surface area contributed by atoms with Crippen LogP contribution in [0.25, 0.3) is 0 Å². The van der Waals surface area contributed by atoms with E-state index in [1.807, 2.05) is 13.0 Å². The first-order valence-corrected chi connectivity index (χ1v) is 9.30. The van der Waals surface area contributed by atoms with Crippen LogP contribution < -0.4 is 10.9 Å². The maximum Gasteiger partial charge on any atom is 0.261 e. The van der Waals surface area contributed by atoms with Gasteiger partial charge in [-0.15, -0.1) is 0 Å². The first-order valence-electron chi connectivity index (χ1n) is 9.30. The van der Waals surface area contributed by atoms with Crippen LogP contribution in [0.15, 0.2) is 29.1 Å². The number of aromatic nitrogens is 1. The summed E-state index contributed by atoms with van der Waals surface area (Å²) in [5, 5.41) is 2.70. The Morgan fingerprint density at radius 3 is 2.52 bits per heavy atom. The molecule has 0 bridgehead atoms. The maximum atomic E-state index is 12.6. The highest BCUT2D eigenvalue weighted by Gasteiger charge is 2.35. The van der Waals surface area contributed by atoms with Crippen LogP contribution in [0, 0.1) is 13.8 Å². The fourth-order valence-corrected chi connectivity index (χ4v) is 3.37. The third-order valence-electron chi connectivity index (χ3n) is 4.88. The molecule has 3 amide bonds. The van der Waals surface area contributed by atoms with Crippen molar-refractivity contribution in [1.29, 1.82) is 0 Å². The third-order valence-corrected chi connectivity index (χ3v) is 4.88. The van der Waals surface area contributed by atoms with Gasteiger partial charge in [0.15, 0.2) is 0 Å². The molecule has 1 aliphatic heterocycles. The van der Waals surface area contributed by atoms with Crippen molar-refractivity contribution in [2.45, 2.75) is 26.8 Å². The molecule has 3 rings (SSSR count). The standard InChI is InChI=1S/C21H23N3O5/c1-12-9-13(2)23-19(26)17(12)11-22-18(25)14-5-6-15-16(10-14)21(28)24(20(15)27)7-4-8-29-3/h5-6,9-10H,4,7-8,11H2,1-3H3,(H,22,25)(H,23,26). The summed E-state index contributed by atoms with van der Waals surface area (Å²) in [5.74, 6) is -1.21. The highest BCUT2D eigenvalue weighted by molar-refractivity contribution is 6.22. The van der Waals surface area contributed by atoms with Crippen LogP contribution in [-0.2, 0) is 11.3 Å². The normalized spacial score (nSPS) is 13.0. The van der Waals surface area contributed by atoms with Crippen LogP contribution in [0.5, 0.6) is 0 Å². The lowest BCUT2D eigenvalue weighted by molar-refractivity contribution is 0.0638. The number of benzene rings is 1. The van der Waals surface area contributed by atoms with E-state index in [0.717, 1.165) is 11.3 Å². The van der Waals surface area contributed by atoms with Gasteiger partial charge in [-0.2, -0.15) is 0 Å². The minimum atomic E-state index is -0.426. The fraction of sp³-hybridized carbons (Fsp3) is 0.333. The first kappa shape index (κ1) is 20.5. The molecule has 0 aliphatic carbocycles. The van der Waals surface area contributed by atoms with E-state index in [2.05, 4.69) is 10.3 Å². The average Bonchev–Trinajstić information content (AvgIpc) is 2.91. The van der Waals surface area contributed by atoms with Crippen molar-refractivity contribution in [2.75, 3.05) is 20.3 Å². The van der Waals surface area contributed by atoms with Crippen molar-refractivity contribution in [3.63, 3.8) is 0 Å². The molecule has 2 N–H and O–H groups in total. The second-order valence-electron chi connectivity index (χ2n) is 6.99. The summed E-state index contributed by atoms with van der Waals surface area (Å²) in [5.41, 5.74) is 2.52. The van der Waals surface area contributed by atoms with Gasteiger partial charge in [0.25, 0.3) is 23.3 Å². The molecule has 8 nitrogen and oxygen atoms in total. The number of fused-ring (bicyclic) bond motifs is 1. The summed E-state index contributed by atoms with van der Waals surface area (Å²) in [6.45, 7) is 4.36. The van der Waals surface area contributed by atoms with Gasteiger partial charge in [-0.3, -0.25) is 24.1 Å². The Labute approximate surface area is 167 Å². The van der Waals surface area contributed by atoms with Gasteiger partial charge in [0.05, 0.1) is 11.1 Å². The van der Waals surface area contributed by atoms with E-state index in [1.165, 1.54) is 23.1 Å². The van der Waals surface area contributed by atoms with Crippen molar-refractivity contribution >= 4 is 17.7 Å². The number of nitrogens with zero attached hydrogens (tertiary/aromatic N) is 1. The van der Waals surface area contributed by atoms with E-state index in [0.29, 0.717) is 18.6 Å². The largest absolute Gasteiger partial charge is 0.385 e. The molecule has 0 fully saturated rings. The van der Waals surface area contributed by atoms with Crippen molar-refractivity contribution < 1.29 is 19.1 Å². The summed E-state index contributed by atoms with van der Waals surface area (Å²) < 4.78 is 4.96. The Bertz CT molecular complexity index is 1040. The molecule has 0 radical (unpaired) electrons. The van der Waals surface area contributed by atoms with E-state index in [1.54, 1.807) is 14.0 Å². The molecule has 1 aromatic carbocycles. The second-order valence-corrected chi connectivity index (χ2v) is 6.99. The van der Waals surface area contributed by atoms with Gasteiger partial charge in [0, 0.05) is 43.6 Å². The number of carbonyl (C=O) groups excluding carboxylic acids is 3. The topological polar surface area (TPSA) is 109 Å². The van der Waals surface area contributed by atoms with Gasteiger partial charge in [0.2, 0.25) is 0 Å². The van der Waals surface area contributed by atoms with Crippen molar-refractivity contribution in [2.24, 2.45) is 0 Å². The molecular formula is C21H23N3O5. The monoisotopic (exact) mass is 397 g/mol. The number of rotatable bonds is 7. The van der Waals surface area contributed by atoms with Crippen molar-refractivity contribution in [3.05, 3.63) is 68.1 Å². The fourth-order valence-electron chi connectivity index (χ4n) is 3.37. The highest BCUT2D eigenvalue weighted by Crippen LogP contribution is 2.24. The molecule has 2 heterocycles. The number of pyridine rings is 1. The average molecular weight is 397 g/mol. The molecule has 29 heavy (non-hydrogen) atoms. The van der Waals surface area contributed by atoms with Gasteiger partial charge >= 0.3 is 0 Å². The zero-order valence-corrected chi connectivity index (χ0v) is 16.6. The Morgan fingerprint density at radius 1 is 1.10 bits per heavy atom. The van der Waals surface area contributed by atoms with Crippen LogP contribution in [0.3, 0.4) is 0 Å². The zero-order valence-electron chi connectivity index (χ0n) is 16.6. The number of H-pyrrole nitrogens is 1. The van der Waals surface area contributed by atoms with Gasteiger partial charge in [-0.1, -0.05) is 0 Å². The Hall–Kier alpha value is -3.26. The first-order chi connectivity index (χ1) is 13.8. The van der Waals surface area contributed by atoms with Gasteiger partial charge < -0.3 is 15.0 Å². The Balaban J connectivity index is 1.74. The molecule has 0 atom stereocenters. The van der Waals surface area contributed by atoms with Gasteiger partial charge in [-0.25, -0.2) is 0 Å². The lowest BCUT2D eigenvalue weighted by Gasteiger charge is -2.12. The number of hydrogen-bond donors (Lipinski definition) is 2. The second kappa shape index (κ2) is 8.40. The predicted octanol–water partition coefficient (Wildman–Crippen LogP) is 1.55. The molecule has 1 aromatic heterocycles. The number of methoxy groups -OCH3 is 1. The smallest absolute Gasteiger partial charge is 0.261 e. The summed E-state index contributed by atoms with van der Waals surface area (Å²) in [6, 6.07) is 6.25. The molecule has 8 heteroatoms. The molecule has 0 unspecified atom stereocenters. The van der Waals surface area contributed by atoms with Crippen LogP contribution in [0.2, 0.25) is 0 Å². The molecule has 0 saturated heterocycles. The zero-order chi connectivity index (χ0) is 21.1. The number of imide groups is 1. The number of hydrogen-bond acceptors (Lipinski definition) is 5. The minimum absolute atomic E-state index is 0.0629. The lowest BCUT2D eigenvalue weighted by atomic mass is 10.0.